The molecule has 0 aliphatic rings. The van der Waals surface area contributed by atoms with E-state index in [9.17, 15) is 19.2 Å². The Balaban J connectivity index is 4.03. The summed E-state index contributed by atoms with van der Waals surface area (Å²) < 4.78 is 0. The molecular formula is C14H22O4. The molecule has 4 nitrogen and oxygen atoms in total. The average Bonchev–Trinajstić information content (AvgIpc) is 2.33. The number of ketones is 2. The van der Waals surface area contributed by atoms with E-state index in [-0.39, 0.29) is 11.6 Å². The fraction of sp³-hybridized carbons (Fsp3) is 0.714. The van der Waals surface area contributed by atoms with Crippen molar-refractivity contribution in [2.45, 2.75) is 53.4 Å². The van der Waals surface area contributed by atoms with Crippen molar-refractivity contribution in [2.24, 2.45) is 10.8 Å². The second-order valence-corrected chi connectivity index (χ2v) is 5.73. The highest BCUT2D eigenvalue weighted by molar-refractivity contribution is 5.98. The second kappa shape index (κ2) is 6.57. The van der Waals surface area contributed by atoms with Crippen LogP contribution in [0.4, 0.5) is 0 Å². The molecule has 0 aromatic heterocycles. The molecule has 0 saturated heterocycles. The summed E-state index contributed by atoms with van der Waals surface area (Å²) >= 11 is 0. The molecule has 0 fully saturated rings. The molecule has 0 aliphatic heterocycles. The van der Waals surface area contributed by atoms with Gasteiger partial charge in [0.15, 0.2) is 0 Å². The summed E-state index contributed by atoms with van der Waals surface area (Å²) in [4.78, 5) is 44.6. The van der Waals surface area contributed by atoms with Gasteiger partial charge in [-0.25, -0.2) is 0 Å². The fourth-order valence-electron chi connectivity index (χ4n) is 1.35. The number of aldehydes is 2. The van der Waals surface area contributed by atoms with E-state index in [2.05, 4.69) is 0 Å². The molecule has 0 saturated carbocycles. The number of hydrogen-bond acceptors (Lipinski definition) is 4. The van der Waals surface area contributed by atoms with Gasteiger partial charge in [-0.15, -0.1) is 0 Å². The van der Waals surface area contributed by atoms with Gasteiger partial charge in [0.05, 0.1) is 10.8 Å². The Hall–Kier alpha value is -1.32. The summed E-state index contributed by atoms with van der Waals surface area (Å²) in [7, 11) is 0. The Labute approximate surface area is 108 Å². The van der Waals surface area contributed by atoms with E-state index >= 15 is 0 Å². The van der Waals surface area contributed by atoms with Gasteiger partial charge >= 0.3 is 0 Å². The molecule has 102 valence electrons. The van der Waals surface area contributed by atoms with Gasteiger partial charge in [0, 0.05) is 12.8 Å². The van der Waals surface area contributed by atoms with Gasteiger partial charge in [0.1, 0.15) is 24.1 Å². The standard InChI is InChI=1S/C14H22O4/c1-13(2,9-15)11(17)7-5-6-8-12(18)14(3,4)10-16/h9-10H,5-8H2,1-4H3. The predicted molar refractivity (Wildman–Crippen MR) is 68.2 cm³/mol. The van der Waals surface area contributed by atoms with Crippen LogP contribution in [0.25, 0.3) is 0 Å². The van der Waals surface area contributed by atoms with Crippen molar-refractivity contribution < 1.29 is 19.2 Å². The normalized spacial score (nSPS) is 12.0. The van der Waals surface area contributed by atoms with Crippen LogP contribution >= 0.6 is 0 Å². The molecule has 0 N–H and O–H groups in total. The topological polar surface area (TPSA) is 68.3 Å². The van der Waals surface area contributed by atoms with Gasteiger partial charge in [-0.2, -0.15) is 0 Å². The summed E-state index contributed by atoms with van der Waals surface area (Å²) in [6.45, 7) is 6.35. The first kappa shape index (κ1) is 16.7. The highest BCUT2D eigenvalue weighted by atomic mass is 16.2. The minimum atomic E-state index is -0.938. The Bertz CT molecular complexity index is 306. The Morgan fingerprint density at radius 1 is 0.778 bits per heavy atom. The zero-order valence-electron chi connectivity index (χ0n) is 11.6. The smallest absolute Gasteiger partial charge is 0.145 e. The molecule has 0 bridgehead atoms. The number of carbonyl (C=O) groups excluding carboxylic acids is 4. The zero-order valence-corrected chi connectivity index (χ0v) is 11.6. The molecule has 0 rings (SSSR count). The van der Waals surface area contributed by atoms with Gasteiger partial charge in [-0.3, -0.25) is 9.59 Å². The van der Waals surface area contributed by atoms with Gasteiger partial charge in [-0.1, -0.05) is 0 Å². The number of hydrogen-bond donors (Lipinski definition) is 0. The molecule has 0 aromatic carbocycles. The first-order valence-electron chi connectivity index (χ1n) is 6.16. The summed E-state index contributed by atoms with van der Waals surface area (Å²) in [6, 6.07) is 0. The van der Waals surface area contributed by atoms with Crippen molar-refractivity contribution in [1.29, 1.82) is 0 Å². The maximum absolute atomic E-state index is 11.6. The number of unbranched alkanes of at least 4 members (excludes halogenated alkanes) is 1. The number of carbonyl (C=O) groups is 4. The number of Topliss-reactive ketones (excluding diaryl/α,β-unsaturated/α-hetero) is 2. The molecule has 0 aliphatic carbocycles. The van der Waals surface area contributed by atoms with Crippen LogP contribution in [0, 0.1) is 10.8 Å². The van der Waals surface area contributed by atoms with E-state index < -0.39 is 10.8 Å². The van der Waals surface area contributed by atoms with Crippen molar-refractivity contribution in [1.82, 2.24) is 0 Å². The lowest BCUT2D eigenvalue weighted by atomic mass is 9.85. The summed E-state index contributed by atoms with van der Waals surface area (Å²) in [5, 5.41) is 0. The summed E-state index contributed by atoms with van der Waals surface area (Å²) in [5.41, 5.74) is -1.88. The fourth-order valence-corrected chi connectivity index (χ4v) is 1.35. The molecular weight excluding hydrogens is 232 g/mol. The lowest BCUT2D eigenvalue weighted by Gasteiger charge is -2.16. The molecule has 0 heterocycles. The van der Waals surface area contributed by atoms with E-state index in [1.54, 1.807) is 27.7 Å². The molecule has 0 radical (unpaired) electrons. The van der Waals surface area contributed by atoms with Crippen molar-refractivity contribution in [3.8, 4) is 0 Å². The third-order valence-electron chi connectivity index (χ3n) is 3.08. The van der Waals surface area contributed by atoms with Crippen LogP contribution in [0.3, 0.4) is 0 Å². The van der Waals surface area contributed by atoms with Crippen LogP contribution < -0.4 is 0 Å². The third kappa shape index (κ3) is 4.90. The SMILES string of the molecule is CC(C)(C=O)C(=O)CCCCC(=O)C(C)(C)C=O. The Morgan fingerprint density at radius 3 is 1.28 bits per heavy atom. The maximum atomic E-state index is 11.6. The van der Waals surface area contributed by atoms with E-state index in [1.807, 2.05) is 0 Å². The van der Waals surface area contributed by atoms with Crippen LogP contribution in [0.1, 0.15) is 53.4 Å². The molecule has 0 atom stereocenters. The minimum Gasteiger partial charge on any atom is -0.302 e. The Kier molecular flexibility index (Phi) is 6.09. The highest BCUT2D eigenvalue weighted by Gasteiger charge is 2.27. The highest BCUT2D eigenvalue weighted by Crippen LogP contribution is 2.20. The average molecular weight is 254 g/mol. The number of rotatable bonds is 9. The second-order valence-electron chi connectivity index (χ2n) is 5.73. The van der Waals surface area contributed by atoms with Crippen molar-refractivity contribution in [2.75, 3.05) is 0 Å². The van der Waals surface area contributed by atoms with Crippen LogP contribution in [-0.4, -0.2) is 24.1 Å². The van der Waals surface area contributed by atoms with Gasteiger partial charge < -0.3 is 9.59 Å². The van der Waals surface area contributed by atoms with Crippen molar-refractivity contribution in [3.63, 3.8) is 0 Å². The van der Waals surface area contributed by atoms with Crippen LogP contribution in [0.15, 0.2) is 0 Å². The largest absolute Gasteiger partial charge is 0.302 e. The van der Waals surface area contributed by atoms with E-state index in [0.29, 0.717) is 38.3 Å². The van der Waals surface area contributed by atoms with Crippen molar-refractivity contribution in [3.05, 3.63) is 0 Å². The van der Waals surface area contributed by atoms with Gasteiger partial charge in [0.2, 0.25) is 0 Å². The van der Waals surface area contributed by atoms with Crippen molar-refractivity contribution >= 4 is 24.1 Å². The monoisotopic (exact) mass is 254 g/mol. The lowest BCUT2D eigenvalue weighted by molar-refractivity contribution is -0.134. The lowest BCUT2D eigenvalue weighted by Crippen LogP contribution is -2.26. The first-order chi connectivity index (χ1) is 8.17. The van der Waals surface area contributed by atoms with Crippen LogP contribution in [-0.2, 0) is 19.2 Å². The molecule has 0 aromatic rings. The molecule has 0 amide bonds. The molecule has 4 heteroatoms. The van der Waals surface area contributed by atoms with E-state index in [4.69, 9.17) is 0 Å². The Morgan fingerprint density at radius 2 is 1.06 bits per heavy atom. The maximum Gasteiger partial charge on any atom is 0.145 e. The predicted octanol–water partition coefficient (Wildman–Crippen LogP) is 2.14. The minimum absolute atomic E-state index is 0.111. The zero-order chi connectivity index (χ0) is 14.4. The third-order valence-corrected chi connectivity index (χ3v) is 3.08. The molecule has 18 heavy (non-hydrogen) atoms. The molecule has 0 unspecified atom stereocenters. The quantitative estimate of drug-likeness (QED) is 0.359. The van der Waals surface area contributed by atoms with Gasteiger partial charge in [-0.05, 0) is 40.5 Å². The molecule has 0 spiro atoms. The summed E-state index contributed by atoms with van der Waals surface area (Å²) in [6.07, 6.45) is 3.01. The first-order valence-corrected chi connectivity index (χ1v) is 6.16. The van der Waals surface area contributed by atoms with Crippen LogP contribution in [0.5, 0.6) is 0 Å². The van der Waals surface area contributed by atoms with Crippen LogP contribution in [0.2, 0.25) is 0 Å². The van der Waals surface area contributed by atoms with E-state index in [0.717, 1.165) is 0 Å². The van der Waals surface area contributed by atoms with E-state index in [1.165, 1.54) is 0 Å². The van der Waals surface area contributed by atoms with Gasteiger partial charge in [0.25, 0.3) is 0 Å². The summed E-state index contributed by atoms with van der Waals surface area (Å²) in [5.74, 6) is -0.223.